The molecule has 0 unspecified atom stereocenters. The zero-order chi connectivity index (χ0) is 11.0. The first kappa shape index (κ1) is 9.23. The van der Waals surface area contributed by atoms with Crippen LogP contribution in [0.4, 0.5) is 5.95 Å². The molecule has 0 aliphatic carbocycles. The standard InChI is InChI=1S/C11H8N4S/c12-11-14-10(16-15-11)8-5-6-13-9-4-2-1-3-7(8)9/h1-6H,(H2,12,15). The van der Waals surface area contributed by atoms with Gasteiger partial charge in [-0.3, -0.25) is 4.98 Å². The lowest BCUT2D eigenvalue weighted by Gasteiger charge is -2.01. The summed E-state index contributed by atoms with van der Waals surface area (Å²) >= 11 is 1.30. The third kappa shape index (κ3) is 1.42. The van der Waals surface area contributed by atoms with E-state index in [9.17, 15) is 0 Å². The molecular weight excluding hydrogens is 220 g/mol. The molecule has 0 saturated carbocycles. The average Bonchev–Trinajstić information content (AvgIpc) is 2.75. The summed E-state index contributed by atoms with van der Waals surface area (Å²) in [5.74, 6) is 0.320. The van der Waals surface area contributed by atoms with Crippen LogP contribution in [0.5, 0.6) is 0 Å². The van der Waals surface area contributed by atoms with Gasteiger partial charge in [-0.1, -0.05) is 18.2 Å². The molecule has 5 heteroatoms. The van der Waals surface area contributed by atoms with E-state index in [1.54, 1.807) is 6.20 Å². The molecule has 2 heterocycles. The van der Waals surface area contributed by atoms with E-state index in [4.69, 9.17) is 5.73 Å². The van der Waals surface area contributed by atoms with Crippen LogP contribution in [0.3, 0.4) is 0 Å². The van der Waals surface area contributed by atoms with Crippen molar-refractivity contribution in [2.24, 2.45) is 0 Å². The van der Waals surface area contributed by atoms with Gasteiger partial charge in [0.05, 0.1) is 5.52 Å². The predicted octanol–water partition coefficient (Wildman–Crippen LogP) is 2.34. The van der Waals surface area contributed by atoms with Crippen molar-refractivity contribution in [3.63, 3.8) is 0 Å². The minimum absolute atomic E-state index is 0.320. The number of para-hydroxylation sites is 1. The Hall–Kier alpha value is -2.01. The molecular formula is C11H8N4S. The van der Waals surface area contributed by atoms with Gasteiger partial charge in [-0.05, 0) is 23.7 Å². The van der Waals surface area contributed by atoms with Crippen LogP contribution in [0.25, 0.3) is 21.5 Å². The number of nitrogen functional groups attached to an aromatic ring is 1. The molecule has 0 aliphatic heterocycles. The van der Waals surface area contributed by atoms with Crippen molar-refractivity contribution in [3.8, 4) is 10.6 Å². The highest BCUT2D eigenvalue weighted by atomic mass is 32.1. The molecule has 2 N–H and O–H groups in total. The van der Waals surface area contributed by atoms with Gasteiger partial charge in [0.1, 0.15) is 5.01 Å². The summed E-state index contributed by atoms with van der Waals surface area (Å²) in [6.07, 6.45) is 1.77. The summed E-state index contributed by atoms with van der Waals surface area (Å²) in [7, 11) is 0. The lowest BCUT2D eigenvalue weighted by atomic mass is 10.1. The van der Waals surface area contributed by atoms with Crippen LogP contribution < -0.4 is 5.73 Å². The maximum Gasteiger partial charge on any atom is 0.232 e. The van der Waals surface area contributed by atoms with Gasteiger partial charge in [0.15, 0.2) is 0 Å². The number of benzene rings is 1. The fourth-order valence-electron chi connectivity index (χ4n) is 1.63. The Labute approximate surface area is 96.0 Å². The highest BCUT2D eigenvalue weighted by Crippen LogP contribution is 2.28. The van der Waals surface area contributed by atoms with Crippen LogP contribution in [0.2, 0.25) is 0 Å². The third-order valence-electron chi connectivity index (χ3n) is 2.32. The molecule has 0 spiro atoms. The maximum absolute atomic E-state index is 5.53. The number of nitrogens with two attached hydrogens (primary N) is 1. The predicted molar refractivity (Wildman–Crippen MR) is 65.1 cm³/mol. The van der Waals surface area contributed by atoms with Crippen LogP contribution >= 0.6 is 11.5 Å². The molecule has 0 amide bonds. The Bertz CT molecular complexity index is 642. The topological polar surface area (TPSA) is 64.7 Å². The molecule has 0 fully saturated rings. The number of nitrogens with zero attached hydrogens (tertiary/aromatic N) is 3. The number of rotatable bonds is 1. The number of hydrogen-bond donors (Lipinski definition) is 1. The van der Waals surface area contributed by atoms with E-state index in [0.29, 0.717) is 5.95 Å². The molecule has 78 valence electrons. The first-order valence-corrected chi connectivity index (χ1v) is 5.55. The second-order valence-corrected chi connectivity index (χ2v) is 4.09. The molecule has 3 aromatic rings. The van der Waals surface area contributed by atoms with E-state index in [1.165, 1.54) is 11.5 Å². The Balaban J connectivity index is 2.31. The van der Waals surface area contributed by atoms with E-state index in [2.05, 4.69) is 14.3 Å². The number of fused-ring (bicyclic) bond motifs is 1. The fraction of sp³-hybridized carbons (Fsp3) is 0. The van der Waals surface area contributed by atoms with Crippen molar-refractivity contribution < 1.29 is 0 Å². The lowest BCUT2D eigenvalue weighted by Crippen LogP contribution is -1.87. The molecule has 4 nitrogen and oxygen atoms in total. The molecule has 0 bridgehead atoms. The SMILES string of the molecule is Nc1nsc(-c2ccnc3ccccc23)n1. The van der Waals surface area contributed by atoms with E-state index in [1.807, 2.05) is 30.3 Å². The van der Waals surface area contributed by atoms with Gasteiger partial charge < -0.3 is 5.73 Å². The van der Waals surface area contributed by atoms with Gasteiger partial charge in [0.25, 0.3) is 0 Å². The molecule has 2 aromatic heterocycles. The molecule has 16 heavy (non-hydrogen) atoms. The molecule has 3 rings (SSSR count). The molecule has 1 aromatic carbocycles. The quantitative estimate of drug-likeness (QED) is 0.694. The Kier molecular flexibility index (Phi) is 2.04. The number of aromatic nitrogens is 3. The zero-order valence-electron chi connectivity index (χ0n) is 8.29. The van der Waals surface area contributed by atoms with Crippen LogP contribution in [0, 0.1) is 0 Å². The summed E-state index contributed by atoms with van der Waals surface area (Å²) in [5.41, 5.74) is 7.51. The first-order chi connectivity index (χ1) is 7.84. The van der Waals surface area contributed by atoms with Crippen LogP contribution in [0.15, 0.2) is 36.5 Å². The zero-order valence-corrected chi connectivity index (χ0v) is 9.11. The highest BCUT2D eigenvalue weighted by Gasteiger charge is 2.08. The lowest BCUT2D eigenvalue weighted by molar-refractivity contribution is 1.34. The minimum atomic E-state index is 0.320. The van der Waals surface area contributed by atoms with Gasteiger partial charge >= 0.3 is 0 Å². The Morgan fingerprint density at radius 2 is 2.00 bits per heavy atom. The van der Waals surface area contributed by atoms with Crippen molar-refractivity contribution in [2.45, 2.75) is 0 Å². The second-order valence-electron chi connectivity index (χ2n) is 3.33. The summed E-state index contributed by atoms with van der Waals surface area (Å²) in [6.45, 7) is 0. The monoisotopic (exact) mass is 228 g/mol. The van der Waals surface area contributed by atoms with Crippen LogP contribution in [0.1, 0.15) is 0 Å². The third-order valence-corrected chi connectivity index (χ3v) is 3.08. The molecule has 0 aliphatic rings. The average molecular weight is 228 g/mol. The van der Waals surface area contributed by atoms with Crippen LogP contribution in [-0.2, 0) is 0 Å². The number of hydrogen-bond acceptors (Lipinski definition) is 5. The van der Waals surface area contributed by atoms with E-state index in [-0.39, 0.29) is 0 Å². The molecule has 0 atom stereocenters. The Morgan fingerprint density at radius 1 is 1.12 bits per heavy atom. The van der Waals surface area contributed by atoms with Gasteiger partial charge in [0, 0.05) is 17.1 Å². The second kappa shape index (κ2) is 3.53. The van der Waals surface area contributed by atoms with Crippen molar-refractivity contribution in [2.75, 3.05) is 5.73 Å². The minimum Gasteiger partial charge on any atom is -0.367 e. The highest BCUT2D eigenvalue weighted by molar-refractivity contribution is 7.09. The summed E-state index contributed by atoms with van der Waals surface area (Å²) in [6, 6.07) is 9.88. The van der Waals surface area contributed by atoms with Crippen molar-refractivity contribution >= 4 is 28.4 Å². The smallest absolute Gasteiger partial charge is 0.232 e. The van der Waals surface area contributed by atoms with Crippen LogP contribution in [-0.4, -0.2) is 14.3 Å². The maximum atomic E-state index is 5.53. The van der Waals surface area contributed by atoms with E-state index >= 15 is 0 Å². The van der Waals surface area contributed by atoms with E-state index in [0.717, 1.165) is 21.5 Å². The first-order valence-electron chi connectivity index (χ1n) is 4.78. The largest absolute Gasteiger partial charge is 0.367 e. The fourth-order valence-corrected chi connectivity index (χ4v) is 2.26. The number of pyridine rings is 1. The summed E-state index contributed by atoms with van der Waals surface area (Å²) in [4.78, 5) is 8.49. The van der Waals surface area contributed by atoms with Crippen molar-refractivity contribution in [1.29, 1.82) is 0 Å². The Morgan fingerprint density at radius 3 is 2.81 bits per heavy atom. The van der Waals surface area contributed by atoms with Gasteiger partial charge in [-0.2, -0.15) is 9.36 Å². The molecule has 0 saturated heterocycles. The van der Waals surface area contributed by atoms with Gasteiger partial charge in [-0.25, -0.2) is 0 Å². The molecule has 0 radical (unpaired) electrons. The van der Waals surface area contributed by atoms with Gasteiger partial charge in [0.2, 0.25) is 5.95 Å². The normalized spacial score (nSPS) is 10.8. The van der Waals surface area contributed by atoms with Crippen molar-refractivity contribution in [3.05, 3.63) is 36.5 Å². The number of anilines is 1. The summed E-state index contributed by atoms with van der Waals surface area (Å²) < 4.78 is 3.99. The van der Waals surface area contributed by atoms with Crippen molar-refractivity contribution in [1.82, 2.24) is 14.3 Å². The summed E-state index contributed by atoms with van der Waals surface area (Å²) in [5, 5.41) is 1.90. The van der Waals surface area contributed by atoms with E-state index < -0.39 is 0 Å². The van der Waals surface area contributed by atoms with Gasteiger partial charge in [-0.15, -0.1) is 0 Å².